The SMILES string of the molecule is O=C(O)Cn1nnc(=O)[nH]1. The summed E-state index contributed by atoms with van der Waals surface area (Å²) < 4.78 is 0. The van der Waals surface area contributed by atoms with Crippen LogP contribution in [0.5, 0.6) is 0 Å². The molecule has 0 fully saturated rings. The number of aromatic amines is 1. The first-order chi connectivity index (χ1) is 4.68. The number of hydrogen-bond acceptors (Lipinski definition) is 4. The Balaban J connectivity index is 2.76. The van der Waals surface area contributed by atoms with E-state index in [0.717, 1.165) is 4.80 Å². The van der Waals surface area contributed by atoms with Crippen LogP contribution in [0.3, 0.4) is 0 Å². The molecular formula is C3H4N4O3. The van der Waals surface area contributed by atoms with Crippen LogP contribution in [0, 0.1) is 0 Å². The van der Waals surface area contributed by atoms with E-state index in [2.05, 4.69) is 15.4 Å². The quantitative estimate of drug-likeness (QED) is 0.502. The van der Waals surface area contributed by atoms with Crippen molar-refractivity contribution in [3.8, 4) is 0 Å². The fourth-order valence-corrected chi connectivity index (χ4v) is 0.449. The van der Waals surface area contributed by atoms with Crippen LogP contribution in [0.25, 0.3) is 0 Å². The molecule has 54 valence electrons. The molecule has 0 spiro atoms. The summed E-state index contributed by atoms with van der Waals surface area (Å²) in [5, 5.41) is 16.4. The second kappa shape index (κ2) is 2.29. The minimum Gasteiger partial charge on any atom is -0.480 e. The molecule has 0 aliphatic heterocycles. The minimum atomic E-state index is -1.08. The monoisotopic (exact) mass is 144 g/mol. The summed E-state index contributed by atoms with van der Waals surface area (Å²) in [4.78, 5) is 21.0. The van der Waals surface area contributed by atoms with E-state index in [0.29, 0.717) is 0 Å². The number of nitrogens with one attached hydrogen (secondary N) is 1. The largest absolute Gasteiger partial charge is 0.480 e. The number of nitrogens with zero attached hydrogens (tertiary/aromatic N) is 3. The summed E-state index contributed by atoms with van der Waals surface area (Å²) in [5.74, 6) is -1.08. The second-order valence-corrected chi connectivity index (χ2v) is 1.56. The summed E-state index contributed by atoms with van der Waals surface area (Å²) >= 11 is 0. The molecule has 0 aliphatic carbocycles. The number of hydrogen-bond donors (Lipinski definition) is 2. The molecule has 2 N–H and O–H groups in total. The van der Waals surface area contributed by atoms with Gasteiger partial charge in [-0.05, 0) is 5.21 Å². The molecule has 7 heteroatoms. The van der Waals surface area contributed by atoms with Gasteiger partial charge in [-0.15, -0.1) is 0 Å². The molecular weight excluding hydrogens is 140 g/mol. The Hall–Kier alpha value is -1.66. The molecule has 1 aromatic heterocycles. The third-order valence-corrected chi connectivity index (χ3v) is 0.753. The lowest BCUT2D eigenvalue weighted by Crippen LogP contribution is -2.13. The summed E-state index contributed by atoms with van der Waals surface area (Å²) in [6.45, 7) is -0.380. The average Bonchev–Trinajstić information content (AvgIpc) is 2.13. The molecule has 10 heavy (non-hydrogen) atoms. The highest BCUT2D eigenvalue weighted by Gasteiger charge is 1.99. The molecule has 0 aliphatic rings. The van der Waals surface area contributed by atoms with Gasteiger partial charge in [0.05, 0.1) is 0 Å². The molecule has 0 aromatic carbocycles. The van der Waals surface area contributed by atoms with Crippen LogP contribution < -0.4 is 5.69 Å². The topological polar surface area (TPSA) is 101 Å². The summed E-state index contributed by atoms with van der Waals surface area (Å²) in [7, 11) is 0. The van der Waals surface area contributed by atoms with Crippen molar-refractivity contribution in [2.45, 2.75) is 6.54 Å². The maximum atomic E-state index is 10.2. The van der Waals surface area contributed by atoms with Crippen LogP contribution in [0.2, 0.25) is 0 Å². The van der Waals surface area contributed by atoms with Crippen LogP contribution in [-0.2, 0) is 11.3 Å². The van der Waals surface area contributed by atoms with Gasteiger partial charge in [0, 0.05) is 0 Å². The van der Waals surface area contributed by atoms with Crippen molar-refractivity contribution in [3.63, 3.8) is 0 Å². The van der Waals surface area contributed by atoms with Crippen molar-refractivity contribution in [1.82, 2.24) is 20.2 Å². The van der Waals surface area contributed by atoms with Gasteiger partial charge in [0.15, 0.2) is 6.54 Å². The number of carboxylic acid groups (broad SMARTS) is 1. The second-order valence-electron chi connectivity index (χ2n) is 1.56. The third-order valence-electron chi connectivity index (χ3n) is 0.753. The molecule has 1 rings (SSSR count). The highest BCUT2D eigenvalue weighted by molar-refractivity contribution is 5.66. The molecule has 1 heterocycles. The van der Waals surface area contributed by atoms with Crippen molar-refractivity contribution in [3.05, 3.63) is 10.5 Å². The number of H-pyrrole nitrogens is 1. The van der Waals surface area contributed by atoms with Gasteiger partial charge in [0.1, 0.15) is 0 Å². The smallest absolute Gasteiger partial charge is 0.381 e. The van der Waals surface area contributed by atoms with Gasteiger partial charge in [0.2, 0.25) is 0 Å². The van der Waals surface area contributed by atoms with E-state index < -0.39 is 11.7 Å². The van der Waals surface area contributed by atoms with Crippen LogP contribution in [-0.4, -0.2) is 31.3 Å². The molecule has 0 bridgehead atoms. The van der Waals surface area contributed by atoms with Crippen LogP contribution >= 0.6 is 0 Å². The maximum absolute atomic E-state index is 10.2. The van der Waals surface area contributed by atoms with Crippen LogP contribution in [0.1, 0.15) is 0 Å². The van der Waals surface area contributed by atoms with Gasteiger partial charge < -0.3 is 5.11 Å². The number of aliphatic carboxylic acids is 1. The summed E-state index contributed by atoms with van der Waals surface area (Å²) in [6, 6.07) is 0. The van der Waals surface area contributed by atoms with Crippen molar-refractivity contribution in [1.29, 1.82) is 0 Å². The van der Waals surface area contributed by atoms with Gasteiger partial charge in [-0.2, -0.15) is 4.80 Å². The van der Waals surface area contributed by atoms with Gasteiger partial charge >= 0.3 is 11.7 Å². The van der Waals surface area contributed by atoms with E-state index in [1.807, 2.05) is 0 Å². The Morgan fingerprint density at radius 1 is 1.80 bits per heavy atom. The van der Waals surface area contributed by atoms with Crippen molar-refractivity contribution in [2.24, 2.45) is 0 Å². The Morgan fingerprint density at radius 3 is 2.90 bits per heavy atom. The number of carbonyl (C=O) groups is 1. The normalized spacial score (nSPS) is 9.60. The van der Waals surface area contributed by atoms with Gasteiger partial charge in [-0.1, -0.05) is 5.10 Å². The van der Waals surface area contributed by atoms with Crippen molar-refractivity contribution >= 4 is 5.97 Å². The lowest BCUT2D eigenvalue weighted by Gasteiger charge is -1.89. The third kappa shape index (κ3) is 1.41. The van der Waals surface area contributed by atoms with Crippen LogP contribution in [0.4, 0.5) is 0 Å². The molecule has 0 saturated heterocycles. The molecule has 7 nitrogen and oxygen atoms in total. The zero-order valence-electron chi connectivity index (χ0n) is 4.81. The zero-order chi connectivity index (χ0) is 7.56. The predicted molar refractivity (Wildman–Crippen MR) is 28.3 cm³/mol. The molecule has 0 unspecified atom stereocenters. The lowest BCUT2D eigenvalue weighted by atomic mass is 10.7. The standard InChI is InChI=1S/C3H4N4O3/c8-2(9)1-7-5-3(10)4-6-7/h1H2,(H,5,10)(H,8,9). The first kappa shape index (κ1) is 6.46. The number of carboxylic acids is 1. The molecule has 0 radical (unpaired) electrons. The molecule has 1 aromatic rings. The first-order valence-corrected chi connectivity index (χ1v) is 2.40. The van der Waals surface area contributed by atoms with Crippen molar-refractivity contribution < 1.29 is 9.90 Å². The van der Waals surface area contributed by atoms with Gasteiger partial charge in [-0.3, -0.25) is 4.79 Å². The summed E-state index contributed by atoms with van der Waals surface area (Å²) in [6.07, 6.45) is 0. The highest BCUT2D eigenvalue weighted by Crippen LogP contribution is 1.69. The minimum absolute atomic E-state index is 0.380. The number of tetrazole rings is 1. The van der Waals surface area contributed by atoms with E-state index in [9.17, 15) is 9.59 Å². The maximum Gasteiger partial charge on any atom is 0.381 e. The molecule has 0 atom stereocenters. The van der Waals surface area contributed by atoms with E-state index in [1.165, 1.54) is 0 Å². The van der Waals surface area contributed by atoms with E-state index in [1.54, 1.807) is 0 Å². The number of rotatable bonds is 2. The van der Waals surface area contributed by atoms with E-state index in [-0.39, 0.29) is 6.54 Å². The fourth-order valence-electron chi connectivity index (χ4n) is 0.449. The zero-order valence-corrected chi connectivity index (χ0v) is 4.81. The highest BCUT2D eigenvalue weighted by atomic mass is 16.4. The fraction of sp³-hybridized carbons (Fsp3) is 0.333. The van der Waals surface area contributed by atoms with E-state index in [4.69, 9.17) is 5.11 Å². The lowest BCUT2D eigenvalue weighted by molar-refractivity contribution is -0.138. The van der Waals surface area contributed by atoms with Gasteiger partial charge in [0.25, 0.3) is 0 Å². The molecule has 0 saturated carbocycles. The average molecular weight is 144 g/mol. The molecule has 0 amide bonds. The number of aromatic nitrogens is 4. The Morgan fingerprint density at radius 2 is 2.50 bits per heavy atom. The first-order valence-electron chi connectivity index (χ1n) is 2.40. The van der Waals surface area contributed by atoms with Crippen molar-refractivity contribution in [2.75, 3.05) is 0 Å². The van der Waals surface area contributed by atoms with Crippen LogP contribution in [0.15, 0.2) is 4.79 Å². The Bertz CT molecular complexity index is 286. The predicted octanol–water partition coefficient (Wildman–Crippen LogP) is -1.95. The summed E-state index contributed by atoms with van der Waals surface area (Å²) in [5.41, 5.74) is -0.652. The Labute approximate surface area is 54.3 Å². The van der Waals surface area contributed by atoms with E-state index >= 15 is 0 Å². The van der Waals surface area contributed by atoms with Gasteiger partial charge in [-0.25, -0.2) is 9.89 Å². The Kier molecular flexibility index (Phi) is 1.48.